The summed E-state index contributed by atoms with van der Waals surface area (Å²) in [4.78, 5) is 0. The van der Waals surface area contributed by atoms with E-state index in [-0.39, 0.29) is 77.3 Å². The second-order valence-corrected chi connectivity index (χ2v) is 15.7. The van der Waals surface area contributed by atoms with E-state index in [9.17, 15) is 36.2 Å². The minimum Gasteiger partial charge on any atom is -0.726 e. The van der Waals surface area contributed by atoms with Gasteiger partial charge in [-0.25, -0.2) is 16.8 Å². The Morgan fingerprint density at radius 1 is 0.950 bits per heavy atom. The molecule has 4 aliphatic carbocycles. The van der Waals surface area contributed by atoms with Crippen molar-refractivity contribution in [1.29, 1.82) is 0 Å². The molecule has 2 N–H and O–H groups in total. The topological polar surface area (TPSA) is 173 Å². The third-order valence-electron chi connectivity index (χ3n) is 11.6. The van der Waals surface area contributed by atoms with Crippen molar-refractivity contribution in [3.8, 4) is 0 Å². The maximum atomic E-state index is 11.4. The van der Waals surface area contributed by atoms with Crippen LogP contribution in [0.15, 0.2) is 0 Å². The number of aliphatic hydroxyl groups is 2. The zero-order valence-electron chi connectivity index (χ0n) is 24.4. The van der Waals surface area contributed by atoms with Gasteiger partial charge >= 0.3 is 29.6 Å². The first-order valence-electron chi connectivity index (χ1n) is 14.6. The predicted molar refractivity (Wildman–Crippen MR) is 140 cm³/mol. The van der Waals surface area contributed by atoms with E-state index in [2.05, 4.69) is 13.8 Å². The number of aliphatic hydroxyl groups excluding tert-OH is 2. The summed E-state index contributed by atoms with van der Waals surface area (Å²) in [6, 6.07) is 0. The first-order chi connectivity index (χ1) is 18.1. The van der Waals surface area contributed by atoms with Crippen molar-refractivity contribution in [2.75, 3.05) is 13.2 Å². The van der Waals surface area contributed by atoms with Crippen LogP contribution in [0.2, 0.25) is 0 Å². The van der Waals surface area contributed by atoms with Crippen LogP contribution in [0, 0.1) is 52.3 Å². The normalized spacial score (nSPS) is 41.2. The second kappa shape index (κ2) is 13.3. The zero-order chi connectivity index (χ0) is 28.8. The Morgan fingerprint density at radius 3 is 2.25 bits per heavy atom. The van der Waals surface area contributed by atoms with Crippen molar-refractivity contribution in [3.05, 3.63) is 0 Å². The molecule has 4 fully saturated rings. The predicted octanol–water partition coefficient (Wildman–Crippen LogP) is 0.357. The molecule has 4 aliphatic rings. The second-order valence-electron chi connectivity index (χ2n) is 13.6. The smallest absolute Gasteiger partial charge is 0.726 e. The van der Waals surface area contributed by atoms with E-state index in [0.717, 1.165) is 57.8 Å². The molecule has 0 aliphatic heterocycles. The number of hydrogen-bond acceptors (Lipinski definition) is 10. The summed E-state index contributed by atoms with van der Waals surface area (Å²) in [5, 5.41) is 20.0. The van der Waals surface area contributed by atoms with Crippen molar-refractivity contribution < 1.29 is 74.1 Å². The third-order valence-corrected chi connectivity index (χ3v) is 12.5. The Bertz CT molecular complexity index is 1070. The first kappa shape index (κ1) is 35.1. The van der Waals surface area contributed by atoms with Gasteiger partial charge in [-0.2, -0.15) is 0 Å². The van der Waals surface area contributed by atoms with E-state index in [1.54, 1.807) is 0 Å². The fraction of sp³-hybridized carbons (Fsp3) is 1.00. The van der Waals surface area contributed by atoms with Gasteiger partial charge in [-0.15, -0.1) is 0 Å². The number of fused-ring (bicyclic) bond motifs is 5. The molecule has 0 aromatic heterocycles. The monoisotopic (exact) mass is 617 g/mol. The molecule has 0 aromatic rings. The van der Waals surface area contributed by atoms with E-state index in [4.69, 9.17) is 8.37 Å². The van der Waals surface area contributed by atoms with E-state index in [1.807, 2.05) is 6.92 Å². The van der Waals surface area contributed by atoms with Crippen LogP contribution in [-0.2, 0) is 29.2 Å². The van der Waals surface area contributed by atoms with E-state index < -0.39 is 33.0 Å². The van der Waals surface area contributed by atoms with Gasteiger partial charge in [0, 0.05) is 6.61 Å². The molecular weight excluding hydrogens is 571 g/mol. The summed E-state index contributed by atoms with van der Waals surface area (Å²) in [5.74, 6) is 1.69. The van der Waals surface area contributed by atoms with Gasteiger partial charge in [-0.3, -0.25) is 8.37 Å². The van der Waals surface area contributed by atoms with Gasteiger partial charge in [0.1, 0.15) is 6.10 Å². The molecule has 228 valence electrons. The van der Waals surface area contributed by atoms with Crippen LogP contribution >= 0.6 is 0 Å². The fourth-order valence-electron chi connectivity index (χ4n) is 9.71. The van der Waals surface area contributed by atoms with Crippen molar-refractivity contribution >= 4 is 20.8 Å². The van der Waals surface area contributed by atoms with Crippen LogP contribution in [0.3, 0.4) is 0 Å². The zero-order valence-corrected chi connectivity index (χ0v) is 28.0. The average molecular weight is 618 g/mol. The van der Waals surface area contributed by atoms with Crippen LogP contribution < -0.4 is 29.6 Å². The van der Waals surface area contributed by atoms with Crippen molar-refractivity contribution in [1.82, 2.24) is 0 Å². The quantitative estimate of drug-likeness (QED) is 0.187. The molecule has 0 spiro atoms. The van der Waals surface area contributed by atoms with Gasteiger partial charge in [-0.05, 0) is 116 Å². The van der Waals surface area contributed by atoms with Gasteiger partial charge in [0.25, 0.3) is 0 Å². The standard InChI is InChI=1S/C27H48O10S2.Na/c1-17(15-28)5-4-6-18(16-36-38(30,31)32)21-9-10-22-20-8-7-19-13-24(29)25(37-39(33,34)35)14-27(19,3)23(20)11-12-26(21,22)2;/h17-25,28-29H,4-16H2,1-3H3,(H,30,31,32)(H,33,34,35);/q;+1/p-2/t17?,18-,19?,20?,21+,22?,23?,24-,25-,26+,27-;/m0./s1. The van der Waals surface area contributed by atoms with Crippen molar-refractivity contribution in [2.45, 2.75) is 104 Å². The SMILES string of the molecule is CC(CO)CCC[C@@H](COS(=O)(=O)[O-])[C@H]1CCC2C3CCC4C[C@H](O)[C@@H](OS(=O)(=O)[O-])C[C@]4(C)C3CC[C@@]21C.[Na+]. The largest absolute Gasteiger partial charge is 1.00 e. The Hall–Kier alpha value is 0.660. The number of hydrogen-bond donors (Lipinski definition) is 2. The average Bonchev–Trinajstić information content (AvgIpc) is 3.17. The molecule has 0 heterocycles. The molecule has 0 aromatic carbocycles. The van der Waals surface area contributed by atoms with Crippen molar-refractivity contribution in [3.63, 3.8) is 0 Å². The van der Waals surface area contributed by atoms with E-state index in [0.29, 0.717) is 30.6 Å². The minimum absolute atomic E-state index is 0. The Morgan fingerprint density at radius 2 is 1.62 bits per heavy atom. The van der Waals surface area contributed by atoms with Crippen LogP contribution in [0.5, 0.6) is 0 Å². The van der Waals surface area contributed by atoms with Gasteiger partial charge in [0.15, 0.2) is 0 Å². The van der Waals surface area contributed by atoms with Crippen LogP contribution in [0.25, 0.3) is 0 Å². The molecule has 0 saturated heterocycles. The Kier molecular flexibility index (Phi) is 11.7. The third kappa shape index (κ3) is 7.65. The maximum Gasteiger partial charge on any atom is 1.00 e. The molecule has 40 heavy (non-hydrogen) atoms. The molecule has 0 radical (unpaired) electrons. The molecule has 13 heteroatoms. The van der Waals surface area contributed by atoms with E-state index in [1.165, 1.54) is 0 Å². The molecule has 0 bridgehead atoms. The van der Waals surface area contributed by atoms with E-state index >= 15 is 0 Å². The molecule has 11 atom stereocenters. The Labute approximate surface area is 262 Å². The van der Waals surface area contributed by atoms with Crippen molar-refractivity contribution in [2.24, 2.45) is 52.3 Å². The molecule has 10 nitrogen and oxygen atoms in total. The van der Waals surface area contributed by atoms with Gasteiger partial charge in [-0.1, -0.05) is 27.2 Å². The molecule has 4 saturated carbocycles. The molecule has 0 amide bonds. The van der Waals surface area contributed by atoms with Gasteiger partial charge in [0.05, 0.1) is 12.7 Å². The summed E-state index contributed by atoms with van der Waals surface area (Å²) >= 11 is 0. The minimum atomic E-state index is -4.92. The summed E-state index contributed by atoms with van der Waals surface area (Å²) < 4.78 is 77.7. The molecular formula is C27H46NaO10S2-. The maximum absolute atomic E-state index is 11.4. The molecule has 5 unspecified atom stereocenters. The summed E-state index contributed by atoms with van der Waals surface area (Å²) in [7, 11) is -9.72. The van der Waals surface area contributed by atoms with Gasteiger partial charge < -0.3 is 19.3 Å². The van der Waals surface area contributed by atoms with Crippen LogP contribution in [0.4, 0.5) is 0 Å². The summed E-state index contributed by atoms with van der Waals surface area (Å²) in [6.07, 6.45) is 6.94. The van der Waals surface area contributed by atoms with Crippen LogP contribution in [-0.4, -0.2) is 61.6 Å². The number of rotatable bonds is 11. The summed E-state index contributed by atoms with van der Waals surface area (Å²) in [6.45, 7) is 6.47. The van der Waals surface area contributed by atoms with Crippen LogP contribution in [0.1, 0.15) is 91.4 Å². The Balaban J connectivity index is 0.00000441. The van der Waals surface area contributed by atoms with Gasteiger partial charge in [0.2, 0.25) is 20.8 Å². The summed E-state index contributed by atoms with van der Waals surface area (Å²) in [5.41, 5.74) is -0.271. The first-order valence-corrected chi connectivity index (χ1v) is 17.3. The molecule has 4 rings (SSSR count). The fourth-order valence-corrected chi connectivity index (χ4v) is 10.5.